The Bertz CT molecular complexity index is 425. The van der Waals surface area contributed by atoms with E-state index >= 15 is 0 Å². The number of benzene rings is 1. The second kappa shape index (κ2) is 6.60. The topological polar surface area (TPSA) is 29.5 Å². The minimum Gasteiger partial charge on any atom is -0.484 e. The molecule has 0 saturated heterocycles. The van der Waals surface area contributed by atoms with Gasteiger partial charge in [-0.2, -0.15) is 0 Å². The Kier molecular flexibility index (Phi) is 4.83. The summed E-state index contributed by atoms with van der Waals surface area (Å²) in [5.74, 6) is 0.881. The second-order valence-corrected chi connectivity index (χ2v) is 5.22. The standard InChI is InChI=1S/C16H23NO2/c1-3-17(14-8-4-5-9-14)16(18)12-19-15-10-6-7-13(2)11-15/h6-7,10-11,14H,3-5,8-9,12H2,1-2H3. The van der Waals surface area contributed by atoms with Crippen LogP contribution >= 0.6 is 0 Å². The van der Waals surface area contributed by atoms with Gasteiger partial charge < -0.3 is 9.64 Å². The van der Waals surface area contributed by atoms with Gasteiger partial charge in [0.05, 0.1) is 0 Å². The van der Waals surface area contributed by atoms with E-state index < -0.39 is 0 Å². The van der Waals surface area contributed by atoms with Crippen LogP contribution < -0.4 is 4.74 Å². The van der Waals surface area contributed by atoms with Gasteiger partial charge in [-0.25, -0.2) is 0 Å². The lowest BCUT2D eigenvalue weighted by Crippen LogP contribution is -2.41. The van der Waals surface area contributed by atoms with Crippen molar-refractivity contribution in [2.24, 2.45) is 0 Å². The normalized spacial score (nSPS) is 15.5. The summed E-state index contributed by atoms with van der Waals surface area (Å²) in [7, 11) is 0. The third kappa shape index (κ3) is 3.72. The molecule has 0 heterocycles. The van der Waals surface area contributed by atoms with Gasteiger partial charge in [-0.1, -0.05) is 25.0 Å². The minimum absolute atomic E-state index is 0.107. The molecule has 0 radical (unpaired) electrons. The first kappa shape index (κ1) is 13.9. The van der Waals surface area contributed by atoms with Crippen molar-refractivity contribution in [3.63, 3.8) is 0 Å². The molecule has 2 rings (SSSR count). The van der Waals surface area contributed by atoms with E-state index in [9.17, 15) is 4.79 Å². The Morgan fingerprint density at radius 3 is 2.74 bits per heavy atom. The van der Waals surface area contributed by atoms with E-state index in [1.165, 1.54) is 12.8 Å². The third-order valence-corrected chi connectivity index (χ3v) is 3.78. The van der Waals surface area contributed by atoms with Crippen LogP contribution in [0.5, 0.6) is 5.75 Å². The summed E-state index contributed by atoms with van der Waals surface area (Å²) in [6, 6.07) is 8.25. The first-order valence-corrected chi connectivity index (χ1v) is 7.19. The van der Waals surface area contributed by atoms with Crippen LogP contribution in [0.1, 0.15) is 38.2 Å². The summed E-state index contributed by atoms with van der Waals surface area (Å²) >= 11 is 0. The lowest BCUT2D eigenvalue weighted by atomic mass is 10.2. The number of amides is 1. The zero-order chi connectivity index (χ0) is 13.7. The SMILES string of the molecule is CCN(C(=O)COc1cccc(C)c1)C1CCCC1. The van der Waals surface area contributed by atoms with Gasteiger partial charge in [0.2, 0.25) is 0 Å². The van der Waals surface area contributed by atoms with Gasteiger partial charge in [-0.3, -0.25) is 4.79 Å². The van der Waals surface area contributed by atoms with Gasteiger partial charge in [0.25, 0.3) is 5.91 Å². The van der Waals surface area contributed by atoms with Crippen LogP contribution in [-0.2, 0) is 4.79 Å². The van der Waals surface area contributed by atoms with E-state index in [0.717, 1.165) is 30.7 Å². The molecule has 0 spiro atoms. The zero-order valence-electron chi connectivity index (χ0n) is 11.9. The van der Waals surface area contributed by atoms with Crippen LogP contribution in [0.4, 0.5) is 0 Å². The summed E-state index contributed by atoms with van der Waals surface area (Å²) < 4.78 is 5.60. The summed E-state index contributed by atoms with van der Waals surface area (Å²) in [4.78, 5) is 14.2. The fourth-order valence-electron chi connectivity index (χ4n) is 2.79. The number of nitrogens with zero attached hydrogens (tertiary/aromatic N) is 1. The molecule has 1 fully saturated rings. The number of carbonyl (C=O) groups excluding carboxylic acids is 1. The first-order valence-electron chi connectivity index (χ1n) is 7.19. The van der Waals surface area contributed by atoms with Gasteiger partial charge in [0.15, 0.2) is 6.61 Å². The molecular weight excluding hydrogens is 238 g/mol. The Hall–Kier alpha value is -1.51. The largest absolute Gasteiger partial charge is 0.484 e. The number of likely N-dealkylation sites (N-methyl/N-ethyl adjacent to an activating group) is 1. The van der Waals surface area contributed by atoms with E-state index in [0.29, 0.717) is 6.04 Å². The van der Waals surface area contributed by atoms with Crippen LogP contribution in [0.25, 0.3) is 0 Å². The molecule has 104 valence electrons. The first-order chi connectivity index (χ1) is 9.20. The van der Waals surface area contributed by atoms with E-state index in [1.807, 2.05) is 43.0 Å². The van der Waals surface area contributed by atoms with E-state index in [1.54, 1.807) is 0 Å². The van der Waals surface area contributed by atoms with Crippen molar-refractivity contribution in [3.05, 3.63) is 29.8 Å². The molecule has 0 aliphatic heterocycles. The van der Waals surface area contributed by atoms with Crippen molar-refractivity contribution in [1.29, 1.82) is 0 Å². The summed E-state index contributed by atoms with van der Waals surface area (Å²) in [5, 5.41) is 0. The van der Waals surface area contributed by atoms with E-state index in [-0.39, 0.29) is 12.5 Å². The van der Waals surface area contributed by atoms with Crippen LogP contribution in [0.2, 0.25) is 0 Å². The Labute approximate surface area is 115 Å². The van der Waals surface area contributed by atoms with Gasteiger partial charge in [-0.05, 0) is 44.4 Å². The molecule has 3 heteroatoms. The molecule has 1 saturated carbocycles. The van der Waals surface area contributed by atoms with Gasteiger partial charge in [0, 0.05) is 12.6 Å². The smallest absolute Gasteiger partial charge is 0.260 e. The number of carbonyl (C=O) groups is 1. The molecule has 19 heavy (non-hydrogen) atoms. The second-order valence-electron chi connectivity index (χ2n) is 5.22. The average molecular weight is 261 g/mol. The minimum atomic E-state index is 0.107. The van der Waals surface area contributed by atoms with Crippen LogP contribution in [0.15, 0.2) is 24.3 Å². The number of rotatable bonds is 5. The van der Waals surface area contributed by atoms with E-state index in [2.05, 4.69) is 0 Å². The fourth-order valence-corrected chi connectivity index (χ4v) is 2.79. The highest BCUT2D eigenvalue weighted by molar-refractivity contribution is 5.78. The summed E-state index contributed by atoms with van der Waals surface area (Å²) in [5.41, 5.74) is 1.15. The third-order valence-electron chi connectivity index (χ3n) is 3.78. The molecule has 0 unspecified atom stereocenters. The molecule has 0 atom stereocenters. The highest BCUT2D eigenvalue weighted by atomic mass is 16.5. The quantitative estimate of drug-likeness (QED) is 0.814. The lowest BCUT2D eigenvalue weighted by Gasteiger charge is -2.27. The lowest BCUT2D eigenvalue weighted by molar-refractivity contribution is -0.135. The van der Waals surface area contributed by atoms with Crippen molar-refractivity contribution in [2.45, 2.75) is 45.6 Å². The summed E-state index contributed by atoms with van der Waals surface area (Å²) in [6.07, 6.45) is 4.77. The molecule has 0 aromatic heterocycles. The van der Waals surface area contributed by atoms with Crippen molar-refractivity contribution >= 4 is 5.91 Å². The number of hydrogen-bond donors (Lipinski definition) is 0. The predicted octanol–water partition coefficient (Wildman–Crippen LogP) is 3.16. The van der Waals surface area contributed by atoms with Gasteiger partial charge in [0.1, 0.15) is 5.75 Å². The highest BCUT2D eigenvalue weighted by Gasteiger charge is 2.25. The monoisotopic (exact) mass is 261 g/mol. The van der Waals surface area contributed by atoms with Crippen molar-refractivity contribution in [3.8, 4) is 5.75 Å². The maximum absolute atomic E-state index is 12.2. The maximum atomic E-state index is 12.2. The number of aryl methyl sites for hydroxylation is 1. The van der Waals surface area contributed by atoms with Gasteiger partial charge in [-0.15, -0.1) is 0 Å². The average Bonchev–Trinajstić information content (AvgIpc) is 2.91. The van der Waals surface area contributed by atoms with Crippen LogP contribution in [0.3, 0.4) is 0 Å². The molecule has 0 N–H and O–H groups in total. The molecule has 1 aliphatic rings. The molecular formula is C16H23NO2. The Balaban J connectivity index is 1.88. The number of hydrogen-bond acceptors (Lipinski definition) is 2. The fraction of sp³-hybridized carbons (Fsp3) is 0.562. The Morgan fingerprint density at radius 2 is 2.11 bits per heavy atom. The molecule has 1 aliphatic carbocycles. The van der Waals surface area contributed by atoms with Crippen molar-refractivity contribution in [1.82, 2.24) is 4.90 Å². The zero-order valence-corrected chi connectivity index (χ0v) is 11.9. The molecule has 1 amide bonds. The molecule has 0 bridgehead atoms. The molecule has 1 aromatic rings. The van der Waals surface area contributed by atoms with Crippen LogP contribution in [0, 0.1) is 6.92 Å². The number of ether oxygens (including phenoxy) is 1. The summed E-state index contributed by atoms with van der Waals surface area (Å²) in [6.45, 7) is 4.99. The maximum Gasteiger partial charge on any atom is 0.260 e. The van der Waals surface area contributed by atoms with Gasteiger partial charge >= 0.3 is 0 Å². The highest BCUT2D eigenvalue weighted by Crippen LogP contribution is 2.23. The molecule has 3 nitrogen and oxygen atoms in total. The Morgan fingerprint density at radius 1 is 1.37 bits per heavy atom. The molecule has 1 aromatic carbocycles. The van der Waals surface area contributed by atoms with Crippen LogP contribution in [-0.4, -0.2) is 30.0 Å². The van der Waals surface area contributed by atoms with E-state index in [4.69, 9.17) is 4.74 Å². The van der Waals surface area contributed by atoms with Crippen molar-refractivity contribution in [2.75, 3.05) is 13.2 Å². The predicted molar refractivity (Wildman–Crippen MR) is 76.3 cm³/mol. The van der Waals surface area contributed by atoms with Crippen molar-refractivity contribution < 1.29 is 9.53 Å².